The summed E-state index contributed by atoms with van der Waals surface area (Å²) < 4.78 is 18.8. The molecular weight excluding hydrogens is 492 g/mol. The second-order valence-electron chi connectivity index (χ2n) is 8.35. The minimum atomic E-state index is -0.760. The molecule has 0 fully saturated rings. The Kier molecular flexibility index (Phi) is 8.13. The van der Waals surface area contributed by atoms with E-state index in [-0.39, 0.29) is 17.9 Å². The van der Waals surface area contributed by atoms with Crippen molar-refractivity contribution in [3.8, 4) is 17.2 Å². The lowest BCUT2D eigenvalue weighted by Crippen LogP contribution is -2.40. The Morgan fingerprint density at radius 3 is 2.62 bits per heavy atom. The van der Waals surface area contributed by atoms with Crippen molar-refractivity contribution >= 4 is 23.4 Å². The zero-order valence-corrected chi connectivity index (χ0v) is 22.1. The van der Waals surface area contributed by atoms with Crippen molar-refractivity contribution < 1.29 is 24.1 Å². The first-order valence-electron chi connectivity index (χ1n) is 12.3. The highest BCUT2D eigenvalue weighted by Crippen LogP contribution is 2.36. The molecule has 0 saturated heterocycles. The number of thiazole rings is 1. The van der Waals surface area contributed by atoms with Gasteiger partial charge in [0, 0.05) is 5.56 Å². The van der Waals surface area contributed by atoms with Crippen LogP contribution in [0.1, 0.15) is 51.3 Å². The van der Waals surface area contributed by atoms with Crippen molar-refractivity contribution in [2.45, 2.75) is 40.2 Å². The van der Waals surface area contributed by atoms with Gasteiger partial charge in [-0.15, -0.1) is 0 Å². The Labute approximate surface area is 218 Å². The van der Waals surface area contributed by atoms with Gasteiger partial charge in [0.15, 0.2) is 16.3 Å². The number of aromatic hydroxyl groups is 1. The summed E-state index contributed by atoms with van der Waals surface area (Å²) in [6.07, 6.45) is 2.54. The van der Waals surface area contributed by atoms with Gasteiger partial charge in [0.2, 0.25) is 0 Å². The molecule has 4 rings (SSSR count). The molecule has 2 heterocycles. The summed E-state index contributed by atoms with van der Waals surface area (Å²) in [5, 5.41) is 10.0. The lowest BCUT2D eigenvalue weighted by Gasteiger charge is -2.26. The van der Waals surface area contributed by atoms with Gasteiger partial charge in [-0.1, -0.05) is 42.5 Å². The van der Waals surface area contributed by atoms with Gasteiger partial charge < -0.3 is 19.3 Å². The fraction of sp³-hybridized carbons (Fsp3) is 0.321. The molecule has 0 amide bonds. The summed E-state index contributed by atoms with van der Waals surface area (Å²) in [7, 11) is 0. The van der Waals surface area contributed by atoms with Gasteiger partial charge in [-0.05, 0) is 57.0 Å². The largest absolute Gasteiger partial charge is 0.504 e. The van der Waals surface area contributed by atoms with Gasteiger partial charge >= 0.3 is 5.97 Å². The number of hydrogen-bond acceptors (Lipinski definition) is 8. The molecule has 1 atom stereocenters. The molecule has 0 radical (unpaired) electrons. The maximum absolute atomic E-state index is 13.8. The van der Waals surface area contributed by atoms with Crippen LogP contribution in [-0.2, 0) is 9.53 Å². The van der Waals surface area contributed by atoms with Gasteiger partial charge in [0.1, 0.15) is 11.8 Å². The Hall–Kier alpha value is -3.85. The summed E-state index contributed by atoms with van der Waals surface area (Å²) in [5.41, 5.74) is 1.88. The number of fused-ring (bicyclic) bond motifs is 1. The lowest BCUT2D eigenvalue weighted by atomic mass is 9.95. The first kappa shape index (κ1) is 26.2. The molecule has 1 aliphatic heterocycles. The molecule has 194 valence electrons. The third kappa shape index (κ3) is 5.32. The van der Waals surface area contributed by atoms with Crippen LogP contribution in [0.2, 0.25) is 0 Å². The SMILES string of the molecule is CCCOc1ccccc1C1C(C(=O)OCC)=C(C)N=c2s/c(=C\c3ccc(O)c(OCC)c3)c(=O)n21. The van der Waals surface area contributed by atoms with Gasteiger partial charge in [-0.2, -0.15) is 0 Å². The monoisotopic (exact) mass is 522 g/mol. The average Bonchev–Trinajstić information content (AvgIpc) is 3.18. The van der Waals surface area contributed by atoms with E-state index in [4.69, 9.17) is 14.2 Å². The average molecular weight is 523 g/mol. The molecule has 0 bridgehead atoms. The third-order valence-corrected chi connectivity index (χ3v) is 6.76. The van der Waals surface area contributed by atoms with Gasteiger partial charge in [-0.25, -0.2) is 9.79 Å². The van der Waals surface area contributed by atoms with E-state index in [0.29, 0.717) is 56.4 Å². The van der Waals surface area contributed by atoms with Crippen LogP contribution < -0.4 is 24.4 Å². The minimum absolute atomic E-state index is 0.0267. The molecule has 1 aromatic heterocycles. The second-order valence-corrected chi connectivity index (χ2v) is 9.36. The van der Waals surface area contributed by atoms with Crippen molar-refractivity contribution in [1.82, 2.24) is 4.57 Å². The summed E-state index contributed by atoms with van der Waals surface area (Å²) in [5.74, 6) is 0.441. The van der Waals surface area contributed by atoms with E-state index in [9.17, 15) is 14.7 Å². The van der Waals surface area contributed by atoms with Crippen LogP contribution in [0.25, 0.3) is 6.08 Å². The number of phenols is 1. The third-order valence-electron chi connectivity index (χ3n) is 5.77. The van der Waals surface area contributed by atoms with E-state index < -0.39 is 12.0 Å². The molecule has 0 aliphatic carbocycles. The van der Waals surface area contributed by atoms with Gasteiger partial charge in [-0.3, -0.25) is 9.36 Å². The molecule has 9 heteroatoms. The van der Waals surface area contributed by atoms with E-state index >= 15 is 0 Å². The number of rotatable bonds is 9. The molecule has 3 aromatic rings. The summed E-state index contributed by atoms with van der Waals surface area (Å²) in [6, 6.07) is 11.6. The number of carbonyl (C=O) groups excluding carboxylic acids is 1. The van der Waals surface area contributed by atoms with E-state index in [1.54, 1.807) is 32.1 Å². The molecule has 1 N–H and O–H groups in total. The number of benzene rings is 2. The first-order chi connectivity index (χ1) is 17.9. The van der Waals surface area contributed by atoms with E-state index in [1.165, 1.54) is 22.0 Å². The van der Waals surface area contributed by atoms with Crippen LogP contribution in [-0.4, -0.2) is 35.5 Å². The molecule has 37 heavy (non-hydrogen) atoms. The smallest absolute Gasteiger partial charge is 0.338 e. The van der Waals surface area contributed by atoms with Crippen molar-refractivity contribution in [2.75, 3.05) is 19.8 Å². The van der Waals surface area contributed by atoms with Crippen LogP contribution in [0.5, 0.6) is 17.2 Å². The van der Waals surface area contributed by atoms with E-state index in [1.807, 2.05) is 38.1 Å². The highest BCUT2D eigenvalue weighted by Gasteiger charge is 2.35. The van der Waals surface area contributed by atoms with Crippen LogP contribution >= 0.6 is 11.3 Å². The zero-order valence-electron chi connectivity index (χ0n) is 21.3. The topological polar surface area (TPSA) is 99.4 Å². The van der Waals surface area contributed by atoms with Crippen molar-refractivity contribution in [3.63, 3.8) is 0 Å². The molecule has 2 aromatic carbocycles. The van der Waals surface area contributed by atoms with Crippen LogP contribution in [0.15, 0.2) is 63.5 Å². The standard InChI is InChI=1S/C28H30N2O6S/c1-5-14-36-21-11-9-8-10-19(21)25-24(27(33)35-7-3)17(4)29-28-30(25)26(32)23(37-28)16-18-12-13-20(31)22(15-18)34-6-2/h8-13,15-16,25,31H,5-7,14H2,1-4H3/b23-16-. The predicted molar refractivity (Wildman–Crippen MR) is 142 cm³/mol. The second kappa shape index (κ2) is 11.5. The van der Waals surface area contributed by atoms with Crippen LogP contribution in [0, 0.1) is 0 Å². The maximum atomic E-state index is 13.8. The molecule has 0 saturated carbocycles. The van der Waals surface area contributed by atoms with E-state index in [2.05, 4.69) is 4.99 Å². The van der Waals surface area contributed by atoms with Crippen molar-refractivity contribution in [1.29, 1.82) is 0 Å². The van der Waals surface area contributed by atoms with Crippen LogP contribution in [0.4, 0.5) is 0 Å². The van der Waals surface area contributed by atoms with Gasteiger partial charge in [0.25, 0.3) is 5.56 Å². The first-order valence-corrected chi connectivity index (χ1v) is 13.1. The van der Waals surface area contributed by atoms with E-state index in [0.717, 1.165) is 6.42 Å². The number of esters is 1. The van der Waals surface area contributed by atoms with Gasteiger partial charge in [0.05, 0.1) is 35.6 Å². The molecule has 1 aliphatic rings. The summed E-state index contributed by atoms with van der Waals surface area (Å²) in [4.78, 5) is 32.0. The normalized spacial score (nSPS) is 15.2. The number of para-hydroxylation sites is 1. The number of nitrogens with zero attached hydrogens (tertiary/aromatic N) is 2. The lowest BCUT2D eigenvalue weighted by molar-refractivity contribution is -0.139. The Morgan fingerprint density at radius 1 is 1.11 bits per heavy atom. The number of phenolic OH excluding ortho intramolecular Hbond substituents is 1. The highest BCUT2D eigenvalue weighted by atomic mass is 32.1. The maximum Gasteiger partial charge on any atom is 0.338 e. The minimum Gasteiger partial charge on any atom is -0.504 e. The number of ether oxygens (including phenoxy) is 3. The molecule has 1 unspecified atom stereocenters. The van der Waals surface area contributed by atoms with Crippen LogP contribution in [0.3, 0.4) is 0 Å². The zero-order chi connectivity index (χ0) is 26.5. The molecular formula is C28H30N2O6S. The van der Waals surface area contributed by atoms with Crippen molar-refractivity contribution in [3.05, 3.63) is 84.5 Å². The fourth-order valence-corrected chi connectivity index (χ4v) is 5.23. The number of aromatic nitrogens is 1. The molecule has 8 nitrogen and oxygen atoms in total. The Bertz CT molecular complexity index is 1520. The number of allylic oxidation sites excluding steroid dienone is 1. The number of carbonyl (C=O) groups is 1. The number of hydrogen-bond donors (Lipinski definition) is 1. The quantitative estimate of drug-likeness (QED) is 0.431. The summed E-state index contributed by atoms with van der Waals surface area (Å²) >= 11 is 1.23. The highest BCUT2D eigenvalue weighted by molar-refractivity contribution is 7.07. The Morgan fingerprint density at radius 2 is 1.89 bits per heavy atom. The Balaban J connectivity index is 1.93. The molecule has 0 spiro atoms. The predicted octanol–water partition coefficient (Wildman–Crippen LogP) is 3.69. The fourth-order valence-electron chi connectivity index (χ4n) is 4.18. The summed E-state index contributed by atoms with van der Waals surface area (Å²) in [6.45, 7) is 8.43. The van der Waals surface area contributed by atoms with Crippen molar-refractivity contribution in [2.24, 2.45) is 4.99 Å².